The summed E-state index contributed by atoms with van der Waals surface area (Å²) in [7, 11) is 0. The van der Waals surface area contributed by atoms with Crippen molar-refractivity contribution in [3.63, 3.8) is 0 Å². The molecule has 6 heteroatoms. The van der Waals surface area contributed by atoms with E-state index in [0.29, 0.717) is 5.96 Å². The molecule has 3 rings (SSSR count). The highest BCUT2D eigenvalue weighted by Gasteiger charge is 2.37. The summed E-state index contributed by atoms with van der Waals surface area (Å²) in [6, 6.07) is -0.105. The van der Waals surface area contributed by atoms with E-state index in [0.717, 1.165) is 11.5 Å². The van der Waals surface area contributed by atoms with Gasteiger partial charge in [-0.3, -0.25) is 10.1 Å². The monoisotopic (exact) mass is 271 g/mol. The average Bonchev–Trinajstić information content (AvgIpc) is 2.66. The summed E-state index contributed by atoms with van der Waals surface area (Å²) in [5, 5.41) is 3.87. The van der Waals surface area contributed by atoms with Gasteiger partial charge in [0.25, 0.3) is 0 Å². The Morgan fingerprint density at radius 3 is 2.88 bits per heavy atom. The van der Waals surface area contributed by atoms with E-state index in [1.807, 2.05) is 11.8 Å². The van der Waals surface area contributed by atoms with Crippen LogP contribution in [0, 0.1) is 13.8 Å². The van der Waals surface area contributed by atoms with Crippen molar-refractivity contribution in [1.29, 1.82) is 0 Å². The van der Waals surface area contributed by atoms with Crippen LogP contribution in [-0.4, -0.2) is 22.8 Å². The molecule has 0 aliphatic carbocycles. The van der Waals surface area contributed by atoms with Gasteiger partial charge in [0.15, 0.2) is 0 Å². The predicted molar refractivity (Wildman–Crippen MR) is 71.3 cm³/mol. The molecule has 2 aliphatic rings. The van der Waals surface area contributed by atoms with E-state index in [-0.39, 0.29) is 24.4 Å². The molecule has 0 saturated carbocycles. The maximum Gasteiger partial charge on any atom is 0.249 e. The van der Waals surface area contributed by atoms with E-state index in [1.54, 1.807) is 11.3 Å². The van der Waals surface area contributed by atoms with Gasteiger partial charge >= 0.3 is 0 Å². The number of aliphatic imine (C=N–C) groups is 1. The fourth-order valence-electron chi connectivity index (χ4n) is 2.11. The molecule has 0 bridgehead atoms. The maximum absolute atomic E-state index is 11.5. The molecule has 17 heavy (non-hydrogen) atoms. The lowest BCUT2D eigenvalue weighted by Gasteiger charge is -2.24. The number of rotatable bonds is 0. The van der Waals surface area contributed by atoms with Gasteiger partial charge in [0.05, 0.1) is 0 Å². The summed E-state index contributed by atoms with van der Waals surface area (Å²) in [6.45, 7) is 6.95. The molecule has 0 aromatic carbocycles. The van der Waals surface area contributed by atoms with Crippen LogP contribution in [-0.2, 0) is 11.3 Å². The number of aryl methyl sites for hydroxylation is 1. The van der Waals surface area contributed by atoms with Crippen LogP contribution in [0.1, 0.15) is 22.9 Å². The van der Waals surface area contributed by atoms with E-state index in [1.165, 1.54) is 16.0 Å². The first-order valence-electron chi connectivity index (χ1n) is 5.33. The second-order valence-electron chi connectivity index (χ2n) is 4.30. The lowest BCUT2D eigenvalue weighted by Crippen LogP contribution is -2.35. The fraction of sp³-hybridized carbons (Fsp3) is 0.455. The zero-order valence-corrected chi connectivity index (χ0v) is 11.5. The Morgan fingerprint density at radius 2 is 2.18 bits per heavy atom. The van der Waals surface area contributed by atoms with E-state index in [2.05, 4.69) is 24.2 Å². The number of nitrogens with zero attached hydrogens (tertiary/aromatic N) is 2. The van der Waals surface area contributed by atoms with Crippen molar-refractivity contribution in [3.8, 4) is 0 Å². The first-order valence-corrected chi connectivity index (χ1v) is 6.14. The maximum atomic E-state index is 11.5. The standard InChI is InChI=1S/C11H13N3OS.ClH/c1-5-7(3)16-10-8(5)4-14-6(2)9(15)12-11(14)13-10;/h6H,4H2,1-3H3,(H,12,13,15);1H. The fourth-order valence-corrected chi connectivity index (χ4v) is 3.15. The largest absolute Gasteiger partial charge is 0.326 e. The normalized spacial score (nSPS) is 21.4. The number of halogens is 1. The zero-order chi connectivity index (χ0) is 11.4. The van der Waals surface area contributed by atoms with Crippen LogP contribution >= 0.6 is 23.7 Å². The second kappa shape index (κ2) is 3.99. The zero-order valence-electron chi connectivity index (χ0n) is 9.90. The van der Waals surface area contributed by atoms with Crippen LogP contribution in [0.4, 0.5) is 5.00 Å². The van der Waals surface area contributed by atoms with E-state index in [4.69, 9.17) is 0 Å². The van der Waals surface area contributed by atoms with Crippen LogP contribution < -0.4 is 5.32 Å². The molecule has 92 valence electrons. The van der Waals surface area contributed by atoms with Gasteiger partial charge in [-0.2, -0.15) is 0 Å². The molecule has 3 heterocycles. The van der Waals surface area contributed by atoms with Crippen LogP contribution in [0.25, 0.3) is 0 Å². The summed E-state index contributed by atoms with van der Waals surface area (Å²) < 4.78 is 0. The van der Waals surface area contributed by atoms with Crippen LogP contribution in [0.15, 0.2) is 4.99 Å². The number of fused-ring (bicyclic) bond motifs is 2. The molecule has 1 saturated heterocycles. The van der Waals surface area contributed by atoms with Gasteiger partial charge in [-0.05, 0) is 26.3 Å². The summed E-state index contributed by atoms with van der Waals surface area (Å²) in [5.74, 6) is 0.759. The third kappa shape index (κ3) is 1.65. The van der Waals surface area contributed by atoms with Gasteiger partial charge in [-0.1, -0.05) is 0 Å². The molecule has 1 fully saturated rings. The van der Waals surface area contributed by atoms with E-state index < -0.39 is 0 Å². The van der Waals surface area contributed by atoms with Crippen molar-refractivity contribution in [2.24, 2.45) is 4.99 Å². The SMILES string of the molecule is Cc1sc2c(c1C)CN1C(=N2)NC(=O)C1C.Cl. The predicted octanol–water partition coefficient (Wildman–Crippen LogP) is 2.11. The molecule has 2 aliphatic heterocycles. The highest BCUT2D eigenvalue weighted by molar-refractivity contribution is 7.16. The van der Waals surface area contributed by atoms with E-state index >= 15 is 0 Å². The number of guanidine groups is 1. The lowest BCUT2D eigenvalue weighted by atomic mass is 10.1. The van der Waals surface area contributed by atoms with Crippen LogP contribution in [0.2, 0.25) is 0 Å². The van der Waals surface area contributed by atoms with E-state index in [9.17, 15) is 4.79 Å². The minimum atomic E-state index is -0.105. The van der Waals surface area contributed by atoms with Crippen molar-refractivity contribution in [2.45, 2.75) is 33.4 Å². The molecule has 0 radical (unpaired) electrons. The molecule has 0 spiro atoms. The molecule has 1 amide bonds. The quantitative estimate of drug-likeness (QED) is 0.785. The Labute approximate surface area is 110 Å². The Morgan fingerprint density at radius 1 is 1.47 bits per heavy atom. The highest BCUT2D eigenvalue weighted by Crippen LogP contribution is 2.39. The van der Waals surface area contributed by atoms with Gasteiger partial charge < -0.3 is 4.90 Å². The molecule has 4 nitrogen and oxygen atoms in total. The lowest BCUT2D eigenvalue weighted by molar-refractivity contribution is -0.121. The number of hydrogen-bond donors (Lipinski definition) is 1. The number of carbonyl (C=O) groups is 1. The minimum Gasteiger partial charge on any atom is -0.326 e. The molecule has 1 aromatic heterocycles. The second-order valence-corrected chi connectivity index (χ2v) is 5.50. The van der Waals surface area contributed by atoms with Crippen LogP contribution in [0.5, 0.6) is 0 Å². The first-order chi connectivity index (χ1) is 7.58. The number of amides is 1. The summed E-state index contributed by atoms with van der Waals surface area (Å²) in [4.78, 5) is 19.4. The summed E-state index contributed by atoms with van der Waals surface area (Å²) in [5.41, 5.74) is 2.59. The van der Waals surface area contributed by atoms with Gasteiger partial charge in [0.1, 0.15) is 11.0 Å². The molecular weight excluding hydrogens is 258 g/mol. The molecule has 1 unspecified atom stereocenters. The number of thiophene rings is 1. The molecule has 1 N–H and O–H groups in total. The Hall–Kier alpha value is -1.07. The van der Waals surface area contributed by atoms with Crippen LogP contribution in [0.3, 0.4) is 0 Å². The highest BCUT2D eigenvalue weighted by atomic mass is 35.5. The Kier molecular flexibility index (Phi) is 2.91. The smallest absolute Gasteiger partial charge is 0.249 e. The van der Waals surface area contributed by atoms with Gasteiger partial charge in [0.2, 0.25) is 11.9 Å². The molecular formula is C11H14ClN3OS. The van der Waals surface area contributed by atoms with Crippen molar-refractivity contribution in [2.75, 3.05) is 0 Å². The Balaban J connectivity index is 0.00000108. The Bertz CT molecular complexity index is 523. The molecule has 1 aromatic rings. The van der Waals surface area contributed by atoms with Gasteiger partial charge in [0, 0.05) is 17.0 Å². The topological polar surface area (TPSA) is 44.7 Å². The minimum absolute atomic E-state index is 0. The number of nitrogens with one attached hydrogen (secondary N) is 1. The third-order valence-electron chi connectivity index (χ3n) is 3.38. The summed E-state index contributed by atoms with van der Waals surface area (Å²) in [6.07, 6.45) is 0. The average molecular weight is 272 g/mol. The van der Waals surface area contributed by atoms with Gasteiger partial charge in [-0.15, -0.1) is 23.7 Å². The van der Waals surface area contributed by atoms with Crippen molar-refractivity contribution in [1.82, 2.24) is 10.2 Å². The number of hydrogen-bond acceptors (Lipinski definition) is 4. The number of carbonyl (C=O) groups excluding carboxylic acids is 1. The van der Waals surface area contributed by atoms with Crippen molar-refractivity contribution < 1.29 is 4.79 Å². The molecule has 1 atom stereocenters. The summed E-state index contributed by atoms with van der Waals surface area (Å²) >= 11 is 1.70. The van der Waals surface area contributed by atoms with Crippen molar-refractivity contribution >= 4 is 40.6 Å². The van der Waals surface area contributed by atoms with Gasteiger partial charge in [-0.25, -0.2) is 4.99 Å². The van der Waals surface area contributed by atoms with Crippen molar-refractivity contribution in [3.05, 3.63) is 16.0 Å². The first kappa shape index (κ1) is 12.4. The third-order valence-corrected chi connectivity index (χ3v) is 4.52.